The monoisotopic (exact) mass is 452 g/mol. The Morgan fingerprint density at radius 1 is 1.11 bits per heavy atom. The predicted octanol–water partition coefficient (Wildman–Crippen LogP) is 4.86. The first-order chi connectivity index (χ1) is 13.7. The van der Waals surface area contributed by atoms with Crippen LogP contribution in [0.1, 0.15) is 16.3 Å². The molecule has 1 amide bonds. The zero-order valence-electron chi connectivity index (χ0n) is 14.9. The van der Waals surface area contributed by atoms with Crippen molar-refractivity contribution in [3.05, 3.63) is 93.1 Å². The van der Waals surface area contributed by atoms with Gasteiger partial charge in [-0.2, -0.15) is 5.10 Å². The number of anilines is 1. The van der Waals surface area contributed by atoms with Crippen molar-refractivity contribution in [1.29, 1.82) is 0 Å². The summed E-state index contributed by atoms with van der Waals surface area (Å²) in [5.74, 6) is -0.102. The van der Waals surface area contributed by atoms with E-state index in [4.69, 9.17) is 0 Å². The van der Waals surface area contributed by atoms with Gasteiger partial charge in [-0.3, -0.25) is 4.79 Å². The number of rotatable bonds is 6. The summed E-state index contributed by atoms with van der Waals surface area (Å²) >= 11 is 4.98. The van der Waals surface area contributed by atoms with E-state index >= 15 is 0 Å². The lowest BCUT2D eigenvalue weighted by molar-refractivity contribution is -0.115. The quantitative estimate of drug-likeness (QED) is 0.454. The van der Waals surface area contributed by atoms with Gasteiger partial charge in [0, 0.05) is 18.0 Å². The molecular weight excluding hydrogens is 436 g/mol. The molecule has 0 fully saturated rings. The number of thiazole rings is 1. The van der Waals surface area contributed by atoms with E-state index in [1.54, 1.807) is 22.2 Å². The average molecular weight is 453 g/mol. The molecule has 0 radical (unpaired) electrons. The number of hydrogen-bond donors (Lipinski definition) is 1. The fraction of sp³-hybridized carbons (Fsp3) is 0.0952. The highest BCUT2D eigenvalue weighted by atomic mass is 79.9. The molecule has 1 N–H and O–H groups in total. The second-order valence-corrected chi connectivity index (χ2v) is 8.10. The van der Waals surface area contributed by atoms with Gasteiger partial charge in [-0.15, -0.1) is 11.3 Å². The number of benzene rings is 2. The normalized spacial score (nSPS) is 10.8. The number of halogens is 1. The number of para-hydroxylation sites is 2. The maximum absolute atomic E-state index is 12.6. The van der Waals surface area contributed by atoms with Crippen LogP contribution in [0.3, 0.4) is 0 Å². The topological polar surface area (TPSA) is 59.8 Å². The maximum Gasteiger partial charge on any atom is 0.230 e. The van der Waals surface area contributed by atoms with E-state index in [1.807, 2.05) is 54.0 Å². The Kier molecular flexibility index (Phi) is 5.64. The molecule has 4 rings (SSSR count). The molecule has 4 aromatic rings. The molecule has 140 valence electrons. The van der Waals surface area contributed by atoms with E-state index in [2.05, 4.69) is 43.5 Å². The molecule has 5 nitrogen and oxygen atoms in total. The fourth-order valence-electron chi connectivity index (χ4n) is 2.85. The van der Waals surface area contributed by atoms with Crippen molar-refractivity contribution in [2.24, 2.45) is 0 Å². The highest BCUT2D eigenvalue weighted by Crippen LogP contribution is 2.22. The minimum absolute atomic E-state index is 0.102. The van der Waals surface area contributed by atoms with Crippen molar-refractivity contribution in [3.63, 3.8) is 0 Å². The van der Waals surface area contributed by atoms with Crippen molar-refractivity contribution in [1.82, 2.24) is 14.8 Å². The van der Waals surface area contributed by atoms with Gasteiger partial charge in [-0.25, -0.2) is 9.67 Å². The molecule has 0 unspecified atom stereocenters. The van der Waals surface area contributed by atoms with Gasteiger partial charge < -0.3 is 5.32 Å². The van der Waals surface area contributed by atoms with E-state index < -0.39 is 0 Å². The molecule has 2 aromatic carbocycles. The summed E-state index contributed by atoms with van der Waals surface area (Å²) in [6.45, 7) is 0. The van der Waals surface area contributed by atoms with Crippen LogP contribution in [0.15, 0.2) is 76.8 Å². The highest BCUT2D eigenvalue weighted by molar-refractivity contribution is 9.10. The van der Waals surface area contributed by atoms with Gasteiger partial charge in [-0.1, -0.05) is 42.5 Å². The van der Waals surface area contributed by atoms with Gasteiger partial charge in [0.1, 0.15) is 0 Å². The van der Waals surface area contributed by atoms with Crippen LogP contribution in [0, 0.1) is 0 Å². The average Bonchev–Trinajstić information content (AvgIpc) is 3.32. The van der Waals surface area contributed by atoms with Crippen LogP contribution in [0.5, 0.6) is 0 Å². The smallest absolute Gasteiger partial charge is 0.230 e. The first kappa shape index (κ1) is 18.6. The predicted molar refractivity (Wildman–Crippen MR) is 115 cm³/mol. The molecule has 0 aliphatic heterocycles. The van der Waals surface area contributed by atoms with Crippen molar-refractivity contribution in [3.8, 4) is 5.69 Å². The van der Waals surface area contributed by atoms with Crippen molar-refractivity contribution in [2.45, 2.75) is 12.8 Å². The molecule has 28 heavy (non-hydrogen) atoms. The number of carbonyl (C=O) groups excluding carboxylic acids is 1. The molecule has 0 saturated carbocycles. The van der Waals surface area contributed by atoms with E-state index in [0.717, 1.165) is 27.3 Å². The number of nitrogens with zero attached hydrogens (tertiary/aromatic N) is 3. The molecule has 0 aliphatic rings. The lowest BCUT2D eigenvalue weighted by atomic mass is 10.2. The van der Waals surface area contributed by atoms with E-state index in [1.165, 1.54) is 5.56 Å². The van der Waals surface area contributed by atoms with Crippen LogP contribution in [-0.2, 0) is 17.6 Å². The van der Waals surface area contributed by atoms with Crippen molar-refractivity contribution in [2.75, 3.05) is 5.32 Å². The van der Waals surface area contributed by atoms with Gasteiger partial charge >= 0.3 is 0 Å². The Hall–Kier alpha value is -2.77. The molecule has 0 atom stereocenters. The molecule has 2 aromatic heterocycles. The Labute approximate surface area is 175 Å². The number of aromatic nitrogens is 3. The molecule has 0 bridgehead atoms. The van der Waals surface area contributed by atoms with Crippen LogP contribution >= 0.6 is 27.3 Å². The summed E-state index contributed by atoms with van der Waals surface area (Å²) < 4.78 is 2.60. The third-order valence-electron chi connectivity index (χ3n) is 4.12. The lowest BCUT2D eigenvalue weighted by Crippen LogP contribution is -2.16. The largest absolute Gasteiger partial charge is 0.324 e. The Morgan fingerprint density at radius 2 is 1.89 bits per heavy atom. The Balaban J connectivity index is 1.43. The van der Waals surface area contributed by atoms with Crippen LogP contribution in [-0.4, -0.2) is 20.7 Å². The fourth-order valence-corrected chi connectivity index (χ4v) is 3.97. The summed E-state index contributed by atoms with van der Waals surface area (Å²) in [5, 5.41) is 10.2. The van der Waals surface area contributed by atoms with Crippen LogP contribution in [0.25, 0.3) is 5.69 Å². The van der Waals surface area contributed by atoms with Gasteiger partial charge in [0.15, 0.2) is 0 Å². The Morgan fingerprint density at radius 3 is 2.68 bits per heavy atom. The van der Waals surface area contributed by atoms with E-state index in [-0.39, 0.29) is 12.3 Å². The SMILES string of the molecule is O=C(Cc1csc(Cc2ccccc2)n1)Nc1ccccc1-n1cc(Br)cn1. The number of nitrogens with one attached hydrogen (secondary N) is 1. The second kappa shape index (κ2) is 8.50. The maximum atomic E-state index is 12.6. The van der Waals surface area contributed by atoms with Crippen molar-refractivity contribution >= 4 is 38.9 Å². The second-order valence-electron chi connectivity index (χ2n) is 6.24. The van der Waals surface area contributed by atoms with E-state index in [9.17, 15) is 4.79 Å². The van der Waals surface area contributed by atoms with Crippen LogP contribution in [0.2, 0.25) is 0 Å². The minimum atomic E-state index is -0.102. The van der Waals surface area contributed by atoms with Gasteiger partial charge in [0.2, 0.25) is 5.91 Å². The molecular formula is C21H17BrN4OS. The first-order valence-electron chi connectivity index (χ1n) is 8.74. The molecule has 2 heterocycles. The summed E-state index contributed by atoms with van der Waals surface area (Å²) in [7, 11) is 0. The van der Waals surface area contributed by atoms with Gasteiger partial charge in [0.05, 0.1) is 39.2 Å². The highest BCUT2D eigenvalue weighted by Gasteiger charge is 2.12. The number of hydrogen-bond acceptors (Lipinski definition) is 4. The molecule has 0 spiro atoms. The van der Waals surface area contributed by atoms with Gasteiger partial charge in [-0.05, 0) is 33.6 Å². The number of carbonyl (C=O) groups is 1. The van der Waals surface area contributed by atoms with Crippen LogP contribution in [0.4, 0.5) is 5.69 Å². The third kappa shape index (κ3) is 4.55. The molecule has 0 saturated heterocycles. The van der Waals surface area contributed by atoms with Gasteiger partial charge in [0.25, 0.3) is 0 Å². The summed E-state index contributed by atoms with van der Waals surface area (Å²) in [5.41, 5.74) is 3.52. The van der Waals surface area contributed by atoms with E-state index in [0.29, 0.717) is 5.69 Å². The number of amides is 1. The minimum Gasteiger partial charge on any atom is -0.324 e. The Bertz CT molecular complexity index is 1090. The summed E-state index contributed by atoms with van der Waals surface area (Å²) in [6, 6.07) is 17.8. The summed E-state index contributed by atoms with van der Waals surface area (Å²) in [4.78, 5) is 17.2. The van der Waals surface area contributed by atoms with Crippen molar-refractivity contribution < 1.29 is 4.79 Å². The third-order valence-corrected chi connectivity index (χ3v) is 5.42. The standard InChI is InChI=1S/C21H17BrN4OS/c22-16-12-23-26(13-16)19-9-5-4-8-18(19)25-20(27)11-17-14-28-21(24-17)10-15-6-2-1-3-7-15/h1-9,12-14H,10-11H2,(H,25,27). The summed E-state index contributed by atoms with van der Waals surface area (Å²) in [6.07, 6.45) is 4.58. The van der Waals surface area contributed by atoms with Crippen LogP contribution < -0.4 is 5.32 Å². The zero-order chi connectivity index (χ0) is 19.3. The zero-order valence-corrected chi connectivity index (χ0v) is 17.3. The molecule has 0 aliphatic carbocycles. The molecule has 7 heteroatoms. The first-order valence-corrected chi connectivity index (χ1v) is 10.4. The lowest BCUT2D eigenvalue weighted by Gasteiger charge is -2.10.